The zero-order chi connectivity index (χ0) is 27.7. The van der Waals surface area contributed by atoms with Crippen LogP contribution in [0.5, 0.6) is 5.75 Å². The first-order valence-corrected chi connectivity index (χ1v) is 15.3. The fourth-order valence-corrected chi connectivity index (χ4v) is 6.59. The Labute approximate surface area is 236 Å². The van der Waals surface area contributed by atoms with Gasteiger partial charge in [-0.3, -0.25) is 0 Å². The van der Waals surface area contributed by atoms with Crippen molar-refractivity contribution in [3.8, 4) is 22.8 Å². The van der Waals surface area contributed by atoms with E-state index < -0.39 is 10.0 Å². The van der Waals surface area contributed by atoms with Crippen LogP contribution in [0.2, 0.25) is 0 Å². The number of benzene rings is 1. The van der Waals surface area contributed by atoms with Gasteiger partial charge in [0.1, 0.15) is 23.7 Å². The summed E-state index contributed by atoms with van der Waals surface area (Å²) in [5, 5.41) is 3.53. The molecule has 0 saturated carbocycles. The second-order valence-electron chi connectivity index (χ2n) is 9.61. The van der Waals surface area contributed by atoms with Crippen molar-refractivity contribution in [2.24, 2.45) is 0 Å². The van der Waals surface area contributed by atoms with Crippen molar-refractivity contribution < 1.29 is 17.9 Å². The number of ether oxygens (including phenoxy) is 2. The summed E-state index contributed by atoms with van der Waals surface area (Å²) in [6.07, 6.45) is 2.46. The molecule has 208 valence electrons. The van der Waals surface area contributed by atoms with Crippen LogP contribution in [-0.4, -0.2) is 77.4 Å². The van der Waals surface area contributed by atoms with Gasteiger partial charge >= 0.3 is 0 Å². The number of halogens is 1. The topological polar surface area (TPSA) is 114 Å². The van der Waals surface area contributed by atoms with Gasteiger partial charge in [0.25, 0.3) is 0 Å². The van der Waals surface area contributed by atoms with Gasteiger partial charge in [-0.15, -0.1) is 0 Å². The summed E-state index contributed by atoms with van der Waals surface area (Å²) in [6, 6.07) is 10.1. The monoisotopic (exact) mass is 616 g/mol. The van der Waals surface area contributed by atoms with Gasteiger partial charge < -0.3 is 24.3 Å². The smallest absolute Gasteiger partial charge is 0.213 e. The first-order chi connectivity index (χ1) is 18.7. The Morgan fingerprint density at radius 2 is 1.97 bits per heavy atom. The lowest BCUT2D eigenvalue weighted by Crippen LogP contribution is -2.32. The lowest BCUT2D eigenvalue weighted by molar-refractivity contribution is 0.146. The van der Waals surface area contributed by atoms with E-state index in [4.69, 9.17) is 14.5 Å². The molecule has 0 radical (unpaired) electrons. The Morgan fingerprint density at radius 1 is 1.21 bits per heavy atom. The molecule has 1 aliphatic heterocycles. The summed E-state index contributed by atoms with van der Waals surface area (Å²) in [5.74, 6) is 1.63. The van der Waals surface area contributed by atoms with Crippen LogP contribution in [0.3, 0.4) is 0 Å². The van der Waals surface area contributed by atoms with Crippen LogP contribution in [0.1, 0.15) is 24.7 Å². The van der Waals surface area contributed by atoms with Gasteiger partial charge in [0.2, 0.25) is 10.0 Å². The fourth-order valence-electron chi connectivity index (χ4n) is 5.02. The lowest BCUT2D eigenvalue weighted by atomic mass is 10.2. The third-order valence-corrected chi connectivity index (χ3v) is 9.52. The maximum Gasteiger partial charge on any atom is 0.213 e. The number of imidazole rings is 1. The van der Waals surface area contributed by atoms with Crippen molar-refractivity contribution in [1.29, 1.82) is 0 Å². The fraction of sp³-hybridized carbons (Fsp3) is 0.407. The maximum absolute atomic E-state index is 12.3. The van der Waals surface area contributed by atoms with Crippen LogP contribution in [0.4, 0.5) is 5.69 Å². The van der Waals surface area contributed by atoms with E-state index in [-0.39, 0.29) is 11.8 Å². The molecule has 4 aromatic rings. The largest absolute Gasteiger partial charge is 0.491 e. The third-order valence-electron chi connectivity index (χ3n) is 7.07. The molecular weight excluding hydrogens is 584 g/mol. The average Bonchev–Trinajstić information content (AvgIpc) is 3.64. The quantitative estimate of drug-likeness (QED) is 0.249. The molecule has 5 rings (SSSR count). The molecule has 0 aliphatic carbocycles. The minimum atomic E-state index is -3.21. The van der Waals surface area contributed by atoms with Crippen LogP contribution in [0, 0.1) is 13.8 Å². The molecule has 4 heterocycles. The van der Waals surface area contributed by atoms with E-state index in [9.17, 15) is 8.42 Å². The van der Waals surface area contributed by atoms with Crippen molar-refractivity contribution in [2.75, 3.05) is 44.5 Å². The minimum Gasteiger partial charge on any atom is -0.491 e. The summed E-state index contributed by atoms with van der Waals surface area (Å²) in [4.78, 5) is 12.8. The highest BCUT2D eigenvalue weighted by Crippen LogP contribution is 2.34. The van der Waals surface area contributed by atoms with E-state index in [1.54, 1.807) is 24.5 Å². The number of nitrogens with one attached hydrogen (secondary N) is 2. The van der Waals surface area contributed by atoms with E-state index in [0.717, 1.165) is 56.3 Å². The molecule has 1 aromatic carbocycles. The average molecular weight is 618 g/mol. The maximum atomic E-state index is 12.3. The van der Waals surface area contributed by atoms with E-state index in [0.29, 0.717) is 32.0 Å². The van der Waals surface area contributed by atoms with Crippen LogP contribution < -0.4 is 10.1 Å². The van der Waals surface area contributed by atoms with E-state index in [2.05, 4.69) is 55.7 Å². The molecular formula is C27H33BrN6O4S. The van der Waals surface area contributed by atoms with Crippen LogP contribution in [-0.2, 0) is 14.8 Å². The molecule has 12 heteroatoms. The zero-order valence-electron chi connectivity index (χ0n) is 22.5. The number of rotatable bonds is 10. The molecule has 39 heavy (non-hydrogen) atoms. The Morgan fingerprint density at radius 3 is 2.69 bits per heavy atom. The van der Waals surface area contributed by atoms with Crippen LogP contribution >= 0.6 is 15.9 Å². The Balaban J connectivity index is 1.42. The number of hydrogen-bond acceptors (Lipinski definition) is 7. The molecule has 0 spiro atoms. The number of H-pyrrole nitrogens is 1. The number of hydrogen-bond donors (Lipinski definition) is 2. The third kappa shape index (κ3) is 5.56. The van der Waals surface area contributed by atoms with Gasteiger partial charge in [0.05, 0.1) is 22.5 Å². The van der Waals surface area contributed by atoms with Gasteiger partial charge in [-0.25, -0.2) is 18.4 Å². The highest BCUT2D eigenvalue weighted by Gasteiger charge is 2.31. The van der Waals surface area contributed by atoms with Crippen molar-refractivity contribution in [3.05, 3.63) is 52.4 Å². The predicted molar refractivity (Wildman–Crippen MR) is 156 cm³/mol. The zero-order valence-corrected chi connectivity index (χ0v) is 24.9. The Bertz CT molecular complexity index is 1580. The Hall–Kier alpha value is -2.93. The normalized spacial score (nSPS) is 16.3. The van der Waals surface area contributed by atoms with Crippen LogP contribution in [0.15, 0.2) is 41.0 Å². The molecule has 0 bridgehead atoms. The molecule has 1 fully saturated rings. The number of anilines is 1. The van der Waals surface area contributed by atoms with Gasteiger partial charge in [-0.1, -0.05) is 0 Å². The highest BCUT2D eigenvalue weighted by molar-refractivity contribution is 9.10. The number of aryl methyl sites for hydroxylation is 1. The van der Waals surface area contributed by atoms with Crippen LogP contribution in [0.25, 0.3) is 28.2 Å². The summed E-state index contributed by atoms with van der Waals surface area (Å²) in [6.45, 7) is 7.82. The molecule has 1 atom stereocenters. The predicted octanol–water partition coefficient (Wildman–Crippen LogP) is 4.66. The lowest BCUT2D eigenvalue weighted by Gasteiger charge is -2.17. The van der Waals surface area contributed by atoms with E-state index in [1.165, 1.54) is 0 Å². The molecule has 2 N–H and O–H groups in total. The molecule has 1 aliphatic rings. The Kier molecular flexibility index (Phi) is 7.99. The van der Waals surface area contributed by atoms with Gasteiger partial charge in [-0.2, -0.15) is 4.31 Å². The summed E-state index contributed by atoms with van der Waals surface area (Å²) >= 11 is 3.62. The summed E-state index contributed by atoms with van der Waals surface area (Å²) in [5.41, 5.74) is 6.33. The number of nitrogens with zero attached hydrogens (tertiary/aromatic N) is 4. The number of fused-ring (bicyclic) bond motifs is 1. The number of pyridine rings is 1. The van der Waals surface area contributed by atoms with Crippen molar-refractivity contribution in [3.63, 3.8) is 0 Å². The molecule has 3 aromatic heterocycles. The number of sulfonamides is 1. The summed E-state index contributed by atoms with van der Waals surface area (Å²) < 4.78 is 39.9. The van der Waals surface area contributed by atoms with Crippen molar-refractivity contribution >= 4 is 42.8 Å². The van der Waals surface area contributed by atoms with Gasteiger partial charge in [0, 0.05) is 55.1 Å². The SMILES string of the molecule is CCS(=O)(=O)N1CC[C@H](Nc2c(Br)cnc3nc(-c4cc(C)n(-c5ccc(OCCOC)cc5)c4C)[nH]c23)C1. The van der Waals surface area contributed by atoms with Gasteiger partial charge in [0.15, 0.2) is 5.65 Å². The van der Waals surface area contributed by atoms with E-state index in [1.807, 2.05) is 24.3 Å². The molecule has 0 unspecified atom stereocenters. The number of methoxy groups -OCH3 is 1. The molecule has 10 nitrogen and oxygen atoms in total. The second-order valence-corrected chi connectivity index (χ2v) is 12.7. The van der Waals surface area contributed by atoms with Crippen molar-refractivity contribution in [1.82, 2.24) is 23.8 Å². The number of aromatic amines is 1. The van der Waals surface area contributed by atoms with Gasteiger partial charge in [-0.05, 0) is 73.5 Å². The minimum absolute atomic E-state index is 0.00788. The molecule has 0 amide bonds. The number of aromatic nitrogens is 4. The van der Waals surface area contributed by atoms with Crippen molar-refractivity contribution in [2.45, 2.75) is 33.2 Å². The second kappa shape index (κ2) is 11.3. The summed E-state index contributed by atoms with van der Waals surface area (Å²) in [7, 11) is -1.56. The highest BCUT2D eigenvalue weighted by atomic mass is 79.9. The first-order valence-electron chi connectivity index (χ1n) is 12.9. The first kappa shape index (κ1) is 27.6. The standard InChI is InChI=1S/C27H33BrN6O4S/c1-5-39(35,36)33-11-10-19(16-33)30-24-23(28)15-29-27-25(24)31-26(32-27)22-14-17(2)34(18(22)3)20-6-8-21(9-7-20)38-13-12-37-4/h6-9,14-15,19H,5,10-13,16H2,1-4H3,(H2,29,30,31,32)/t19-/m0/s1. The van der Waals surface area contributed by atoms with E-state index >= 15 is 0 Å². The molecule has 1 saturated heterocycles.